The number of hydrogen-bond donors (Lipinski definition) is 1. The van der Waals surface area contributed by atoms with Crippen molar-refractivity contribution in [3.05, 3.63) is 182 Å². The van der Waals surface area contributed by atoms with Crippen LogP contribution in [0.15, 0.2) is 182 Å². The molecule has 0 aromatic heterocycles. The maximum atomic E-state index is 12.9. The van der Waals surface area contributed by atoms with Crippen LogP contribution in [0.3, 0.4) is 0 Å². The minimum Gasteiger partial charge on any atom is -0.477 e. The third kappa shape index (κ3) is 61.9. The molecule has 0 amide bonds. The minimum atomic E-state index is -1.54. The van der Waals surface area contributed by atoms with Crippen molar-refractivity contribution in [2.24, 2.45) is 0 Å². The zero-order valence-corrected chi connectivity index (χ0v) is 51.4. The summed E-state index contributed by atoms with van der Waals surface area (Å²) in [7, 11) is 5.93. The molecule has 9 nitrogen and oxygen atoms in total. The number of esters is 2. The molecule has 1 N–H and O–H groups in total. The molecule has 9 heteroatoms. The van der Waals surface area contributed by atoms with E-state index in [-0.39, 0.29) is 38.6 Å². The monoisotopic (exact) mass is 1120 g/mol. The molecule has 0 spiro atoms. The van der Waals surface area contributed by atoms with Gasteiger partial charge in [-0.3, -0.25) is 9.59 Å². The molecule has 2 atom stereocenters. The fourth-order valence-electron chi connectivity index (χ4n) is 7.48. The average Bonchev–Trinajstić information content (AvgIpc) is 3.44. The second-order valence-corrected chi connectivity index (χ2v) is 20.9. The summed E-state index contributed by atoms with van der Waals surface area (Å²) in [4.78, 5) is 37.5. The van der Waals surface area contributed by atoms with Crippen LogP contribution in [0.1, 0.15) is 194 Å². The highest BCUT2D eigenvalue weighted by Gasteiger charge is 2.25. The second kappa shape index (κ2) is 60.5. The average molecular weight is 1120 g/mol. The van der Waals surface area contributed by atoms with E-state index in [1.54, 1.807) is 0 Å². The predicted octanol–water partition coefficient (Wildman–Crippen LogP) is 18.9. The molecule has 0 saturated heterocycles. The van der Waals surface area contributed by atoms with Crippen molar-refractivity contribution in [3.63, 3.8) is 0 Å². The molecule has 81 heavy (non-hydrogen) atoms. The van der Waals surface area contributed by atoms with Crippen LogP contribution < -0.4 is 0 Å². The Balaban J connectivity index is 4.39. The summed E-state index contributed by atoms with van der Waals surface area (Å²) >= 11 is 0. The second-order valence-electron chi connectivity index (χ2n) is 20.9. The lowest BCUT2D eigenvalue weighted by atomic mass is 10.1. The van der Waals surface area contributed by atoms with Gasteiger partial charge in [0, 0.05) is 12.8 Å². The molecule has 0 aliphatic carbocycles. The van der Waals surface area contributed by atoms with Crippen molar-refractivity contribution < 1.29 is 42.9 Å². The first-order valence-electron chi connectivity index (χ1n) is 30.9. The van der Waals surface area contributed by atoms with Gasteiger partial charge in [0.05, 0.1) is 34.4 Å². The van der Waals surface area contributed by atoms with Crippen molar-refractivity contribution in [3.8, 4) is 0 Å². The Kier molecular flexibility index (Phi) is 56.3. The van der Waals surface area contributed by atoms with Gasteiger partial charge in [0.15, 0.2) is 6.10 Å². The lowest BCUT2D eigenvalue weighted by molar-refractivity contribution is -0.870. The Morgan fingerprint density at radius 2 is 0.667 bits per heavy atom. The van der Waals surface area contributed by atoms with E-state index in [9.17, 15) is 19.5 Å². The lowest BCUT2D eigenvalue weighted by Crippen LogP contribution is -2.40. The molecule has 0 radical (unpaired) electrons. The van der Waals surface area contributed by atoms with E-state index in [1.807, 2.05) is 21.1 Å². The van der Waals surface area contributed by atoms with Crippen LogP contribution in [0.5, 0.6) is 0 Å². The van der Waals surface area contributed by atoms with E-state index in [1.165, 1.54) is 19.3 Å². The first kappa shape index (κ1) is 75.4. The molecule has 2 unspecified atom stereocenters. The fourth-order valence-corrected chi connectivity index (χ4v) is 7.48. The highest BCUT2D eigenvalue weighted by atomic mass is 16.7. The third-order valence-corrected chi connectivity index (χ3v) is 12.2. The highest BCUT2D eigenvalue weighted by molar-refractivity contribution is 5.71. The van der Waals surface area contributed by atoms with Gasteiger partial charge in [-0.25, -0.2) is 4.79 Å². The molecular formula is C72H112NO8+. The number of carbonyl (C=O) groups excluding carboxylic acids is 2. The number of quaternary nitrogens is 1. The molecule has 0 heterocycles. The Morgan fingerprint density at radius 3 is 1.01 bits per heavy atom. The van der Waals surface area contributed by atoms with Crippen LogP contribution in [0, 0.1) is 0 Å². The summed E-state index contributed by atoms with van der Waals surface area (Å²) in [5, 5.41) is 9.72. The molecule has 0 rings (SSSR count). The third-order valence-electron chi connectivity index (χ3n) is 12.2. The summed E-state index contributed by atoms with van der Waals surface area (Å²) < 4.78 is 22.8. The fraction of sp³-hybridized carbons (Fsp3) is 0.542. The maximum absolute atomic E-state index is 12.9. The SMILES string of the molecule is CC/C=C\C/C=C\C/C=C\C/C=C\C/C=C\C/C=C\C/C=C\C/C=C\C/C=C\C/C=C\CCCCC(=O)OC(COC(=O)CCCCCCCCC/C=C\C/C=C\C/C=C\C/C=C\C/C=C\CC)COC(OCC[N+](C)(C)C)C(=O)O. The molecule has 0 fully saturated rings. The van der Waals surface area contributed by atoms with Gasteiger partial charge in [0.2, 0.25) is 0 Å². The quantitative estimate of drug-likeness (QED) is 0.0211. The predicted molar refractivity (Wildman–Crippen MR) is 345 cm³/mol. The van der Waals surface area contributed by atoms with Crippen LogP contribution in [-0.4, -0.2) is 87.4 Å². The Labute approximate surface area is 494 Å². The number of carbonyl (C=O) groups is 3. The summed E-state index contributed by atoms with van der Waals surface area (Å²) in [5.41, 5.74) is 0. The van der Waals surface area contributed by atoms with Crippen LogP contribution in [0.4, 0.5) is 0 Å². The van der Waals surface area contributed by atoms with Gasteiger partial charge < -0.3 is 28.5 Å². The molecule has 0 aliphatic heterocycles. The van der Waals surface area contributed by atoms with Gasteiger partial charge in [-0.2, -0.15) is 0 Å². The van der Waals surface area contributed by atoms with Gasteiger partial charge in [0.25, 0.3) is 6.29 Å². The van der Waals surface area contributed by atoms with E-state index in [4.69, 9.17) is 18.9 Å². The molecule has 0 aromatic carbocycles. The van der Waals surface area contributed by atoms with Crippen LogP contribution in [-0.2, 0) is 33.3 Å². The van der Waals surface area contributed by atoms with Crippen molar-refractivity contribution in [2.75, 3.05) is 47.5 Å². The highest BCUT2D eigenvalue weighted by Crippen LogP contribution is 2.13. The van der Waals surface area contributed by atoms with Crippen molar-refractivity contribution in [1.82, 2.24) is 0 Å². The summed E-state index contributed by atoms with van der Waals surface area (Å²) in [6.45, 7) is 4.55. The number of aliphatic carboxylic acids is 1. The standard InChI is InChI=1S/C72H111NO8/c1-6-8-10-12-14-16-18-20-22-24-26-28-30-31-32-33-34-35-36-37-38-39-41-43-45-47-49-51-53-55-57-59-61-63-70(75)81-68(67-80-72(71(76)77)78-65-64-73(3,4)5)66-79-69(74)62-60-58-56-54-52-50-48-46-44-42-40-29-27-25-23-21-19-17-15-13-11-9-7-2/h8-11,14-17,20-23,26-29,31-32,34-35,37-38,41-44,47,49,53,55,68,72H,6-7,12-13,18-19,24-25,30,33,36,39-40,45-46,48,50-52,54,56-67H2,1-5H3/p+1/b10-8-,11-9-,16-14-,17-15-,22-20-,23-21-,28-26-,29-27-,32-31-,35-34-,38-37-,43-41-,44-42-,49-47-,55-53-. The first-order chi connectivity index (χ1) is 39.6. The van der Waals surface area contributed by atoms with E-state index >= 15 is 0 Å². The Bertz CT molecular complexity index is 1980. The van der Waals surface area contributed by atoms with Gasteiger partial charge in [-0.1, -0.05) is 228 Å². The topological polar surface area (TPSA) is 108 Å². The maximum Gasteiger partial charge on any atom is 0.361 e. The summed E-state index contributed by atoms with van der Waals surface area (Å²) in [6.07, 6.45) is 89.8. The number of rotatable bonds is 54. The summed E-state index contributed by atoms with van der Waals surface area (Å²) in [5.74, 6) is -2.11. The van der Waals surface area contributed by atoms with Gasteiger partial charge in [0.1, 0.15) is 13.2 Å². The zero-order valence-electron chi connectivity index (χ0n) is 51.4. The molecule has 0 saturated carbocycles. The lowest BCUT2D eigenvalue weighted by Gasteiger charge is -2.25. The largest absolute Gasteiger partial charge is 0.477 e. The number of nitrogens with zero attached hydrogens (tertiary/aromatic N) is 1. The van der Waals surface area contributed by atoms with Crippen LogP contribution in [0.25, 0.3) is 0 Å². The number of carboxylic acids is 1. The number of ether oxygens (including phenoxy) is 4. The van der Waals surface area contributed by atoms with Crippen molar-refractivity contribution >= 4 is 17.9 Å². The van der Waals surface area contributed by atoms with E-state index in [2.05, 4.69) is 196 Å². The number of allylic oxidation sites excluding steroid dienone is 30. The first-order valence-corrected chi connectivity index (χ1v) is 30.9. The Morgan fingerprint density at radius 1 is 0.370 bits per heavy atom. The van der Waals surface area contributed by atoms with Gasteiger partial charge in [-0.05, 0) is 135 Å². The number of carboxylic acid groups (broad SMARTS) is 1. The van der Waals surface area contributed by atoms with E-state index in [0.29, 0.717) is 17.4 Å². The summed E-state index contributed by atoms with van der Waals surface area (Å²) in [6, 6.07) is 0. The van der Waals surface area contributed by atoms with E-state index in [0.717, 1.165) is 141 Å². The molecular weight excluding hydrogens is 1010 g/mol. The molecule has 0 aliphatic rings. The zero-order chi connectivity index (χ0) is 59.1. The molecule has 0 bridgehead atoms. The number of hydrogen-bond acceptors (Lipinski definition) is 7. The Hall–Kier alpha value is -5.61. The van der Waals surface area contributed by atoms with Crippen LogP contribution in [0.2, 0.25) is 0 Å². The van der Waals surface area contributed by atoms with Crippen LogP contribution >= 0.6 is 0 Å². The van der Waals surface area contributed by atoms with E-state index < -0.39 is 24.3 Å². The molecule has 0 aromatic rings. The van der Waals surface area contributed by atoms with Crippen molar-refractivity contribution in [2.45, 2.75) is 206 Å². The van der Waals surface area contributed by atoms with Crippen molar-refractivity contribution in [1.29, 1.82) is 0 Å². The smallest absolute Gasteiger partial charge is 0.361 e. The minimum absolute atomic E-state index is 0.166. The number of likely N-dealkylation sites (N-methyl/N-ethyl adjacent to an activating group) is 1. The van der Waals surface area contributed by atoms with Gasteiger partial charge >= 0.3 is 17.9 Å². The molecule has 452 valence electrons. The number of unbranched alkanes of at least 4 members (excludes halogenated alkanes) is 9. The normalized spacial score (nSPS) is 14.0. The van der Waals surface area contributed by atoms with Gasteiger partial charge in [-0.15, -0.1) is 0 Å².